The van der Waals surface area contributed by atoms with Crippen LogP contribution in [0.5, 0.6) is 0 Å². The van der Waals surface area contributed by atoms with Gasteiger partial charge in [-0.15, -0.1) is 11.3 Å². The van der Waals surface area contributed by atoms with Gasteiger partial charge in [0.1, 0.15) is 0 Å². The van der Waals surface area contributed by atoms with E-state index < -0.39 is 0 Å². The first-order chi connectivity index (χ1) is 28.3. The third kappa shape index (κ3) is 4.30. The predicted octanol–water partition coefficient (Wildman–Crippen LogP) is 13.4. The van der Waals surface area contributed by atoms with Crippen molar-refractivity contribution >= 4 is 75.1 Å². The van der Waals surface area contributed by atoms with Gasteiger partial charge in [0.05, 0.1) is 27.8 Å². The number of hydrogen-bond donors (Lipinski definition) is 0. The second-order valence-electron chi connectivity index (χ2n) is 14.8. The van der Waals surface area contributed by atoms with Crippen LogP contribution in [0.3, 0.4) is 0 Å². The van der Waals surface area contributed by atoms with Crippen molar-refractivity contribution in [2.75, 3.05) is 0 Å². The fourth-order valence-electron chi connectivity index (χ4n) is 9.31. The van der Waals surface area contributed by atoms with E-state index in [4.69, 9.17) is 15.0 Å². The van der Waals surface area contributed by atoms with Crippen molar-refractivity contribution in [3.63, 3.8) is 0 Å². The molecule has 6 heteroatoms. The zero-order chi connectivity index (χ0) is 37.2. The smallest absolute Gasteiger partial charge is 0.238 e. The standard InChI is InChI=1S/C51H29N5S/c1-2-14-30(15-3-1)49-52-50(31-26-27-36-35-19-9-13-25-44(35)57-45(36)28-31)54-51(53-49)56-42-24-12-8-21-38(42)46-43(56)29-39-34-18-7-11-23-41(34)55-40-22-10-6-17-33(40)32-16-4-5-20-37(32)47(46)48(39)55/h1-29H. The maximum absolute atomic E-state index is 5.39. The first kappa shape index (κ1) is 30.9. The van der Waals surface area contributed by atoms with Gasteiger partial charge in [-0.3, -0.25) is 4.57 Å². The molecule has 0 aliphatic carbocycles. The van der Waals surface area contributed by atoms with E-state index in [2.05, 4.69) is 167 Å². The summed E-state index contributed by atoms with van der Waals surface area (Å²) in [5.74, 6) is 1.86. The Labute approximate surface area is 330 Å². The van der Waals surface area contributed by atoms with Crippen molar-refractivity contribution in [1.82, 2.24) is 24.1 Å². The van der Waals surface area contributed by atoms with Gasteiger partial charge in [0.25, 0.3) is 0 Å². The van der Waals surface area contributed by atoms with Crippen molar-refractivity contribution in [2.45, 2.75) is 0 Å². The minimum atomic E-state index is 0.585. The molecule has 0 unspecified atom stereocenters. The summed E-state index contributed by atoms with van der Waals surface area (Å²) in [5.41, 5.74) is 12.4. The van der Waals surface area contributed by atoms with Crippen LogP contribution in [0.25, 0.3) is 120 Å². The average molecular weight is 744 g/mol. The van der Waals surface area contributed by atoms with Crippen LogP contribution >= 0.6 is 11.3 Å². The van der Waals surface area contributed by atoms with Gasteiger partial charge in [0.15, 0.2) is 11.6 Å². The van der Waals surface area contributed by atoms with E-state index in [9.17, 15) is 0 Å². The minimum absolute atomic E-state index is 0.585. The molecule has 0 radical (unpaired) electrons. The third-order valence-electron chi connectivity index (χ3n) is 11.7. The van der Waals surface area contributed by atoms with E-state index in [-0.39, 0.29) is 0 Å². The Morgan fingerprint density at radius 2 is 1.02 bits per heavy atom. The molecule has 264 valence electrons. The van der Waals surface area contributed by atoms with Crippen LogP contribution in [0.2, 0.25) is 0 Å². The zero-order valence-corrected chi connectivity index (χ0v) is 31.2. The molecule has 57 heavy (non-hydrogen) atoms. The summed E-state index contributed by atoms with van der Waals surface area (Å²) >= 11 is 1.80. The van der Waals surface area contributed by atoms with Crippen molar-refractivity contribution in [2.24, 2.45) is 0 Å². The molecule has 8 aromatic carbocycles. The first-order valence-corrected chi connectivity index (χ1v) is 20.0. The van der Waals surface area contributed by atoms with Crippen LogP contribution in [0.1, 0.15) is 0 Å². The number of hydrogen-bond acceptors (Lipinski definition) is 4. The lowest BCUT2D eigenvalue weighted by atomic mass is 9.91. The number of para-hydroxylation sites is 3. The number of benzene rings is 8. The van der Waals surface area contributed by atoms with Crippen molar-refractivity contribution in [3.05, 3.63) is 176 Å². The SMILES string of the molecule is c1ccc(-c2nc(-c3ccc4c(c3)sc3ccccc34)nc(-n3c4ccccc4c4c5c6c(cc43)c3ccccc3n6-c3ccccc3-c3ccccc3-5)n2)cc1. The van der Waals surface area contributed by atoms with Gasteiger partial charge in [-0.25, -0.2) is 4.98 Å². The minimum Gasteiger partial charge on any atom is -0.308 e. The van der Waals surface area contributed by atoms with E-state index in [0.717, 1.165) is 27.5 Å². The Balaban J connectivity index is 1.18. The predicted molar refractivity (Wildman–Crippen MR) is 237 cm³/mol. The molecule has 0 fully saturated rings. The first-order valence-electron chi connectivity index (χ1n) is 19.2. The lowest BCUT2D eigenvalue weighted by Crippen LogP contribution is -2.06. The molecule has 1 aliphatic heterocycles. The average Bonchev–Trinajstić information content (AvgIpc) is 3.90. The van der Waals surface area contributed by atoms with Crippen molar-refractivity contribution in [1.29, 1.82) is 0 Å². The van der Waals surface area contributed by atoms with Crippen molar-refractivity contribution in [3.8, 4) is 56.7 Å². The fourth-order valence-corrected chi connectivity index (χ4v) is 10.5. The summed E-state index contributed by atoms with van der Waals surface area (Å²) in [5, 5.41) is 7.24. The summed E-state index contributed by atoms with van der Waals surface area (Å²) in [7, 11) is 0. The largest absolute Gasteiger partial charge is 0.308 e. The summed E-state index contributed by atoms with van der Waals surface area (Å²) in [4.78, 5) is 15.9. The topological polar surface area (TPSA) is 48.5 Å². The van der Waals surface area contributed by atoms with Gasteiger partial charge >= 0.3 is 0 Å². The lowest BCUT2D eigenvalue weighted by Gasteiger charge is -2.13. The highest BCUT2D eigenvalue weighted by Gasteiger charge is 2.29. The maximum Gasteiger partial charge on any atom is 0.238 e. The molecule has 0 amide bonds. The summed E-state index contributed by atoms with van der Waals surface area (Å²) in [6.45, 7) is 0. The Morgan fingerprint density at radius 3 is 1.86 bits per heavy atom. The number of rotatable bonds is 3. The Bertz CT molecular complexity index is 3650. The Morgan fingerprint density at radius 1 is 0.386 bits per heavy atom. The highest BCUT2D eigenvalue weighted by atomic mass is 32.1. The molecule has 5 nitrogen and oxygen atoms in total. The fraction of sp³-hybridized carbons (Fsp3) is 0. The van der Waals surface area contributed by atoms with Gasteiger partial charge in [-0.2, -0.15) is 9.97 Å². The summed E-state index contributed by atoms with van der Waals surface area (Å²) in [6.07, 6.45) is 0. The van der Waals surface area contributed by atoms with Crippen LogP contribution < -0.4 is 0 Å². The highest BCUT2D eigenvalue weighted by molar-refractivity contribution is 7.25. The van der Waals surface area contributed by atoms with E-state index in [1.807, 2.05) is 18.2 Å². The normalized spacial score (nSPS) is 12.2. The van der Waals surface area contributed by atoms with E-state index in [0.29, 0.717) is 17.6 Å². The second-order valence-corrected chi connectivity index (χ2v) is 15.9. The van der Waals surface area contributed by atoms with E-state index in [1.54, 1.807) is 11.3 Å². The lowest BCUT2D eigenvalue weighted by molar-refractivity contribution is 0.954. The third-order valence-corrected chi connectivity index (χ3v) is 12.9. The molecule has 0 N–H and O–H groups in total. The quantitative estimate of drug-likeness (QED) is 0.181. The number of thiophene rings is 1. The molecular formula is C51H29N5S. The van der Waals surface area contributed by atoms with Gasteiger partial charge in [-0.05, 0) is 47.5 Å². The maximum atomic E-state index is 5.39. The molecule has 0 bridgehead atoms. The number of aromatic nitrogens is 5. The van der Waals surface area contributed by atoms with E-state index >= 15 is 0 Å². The summed E-state index contributed by atoms with van der Waals surface area (Å²) in [6, 6.07) is 63.0. The molecule has 0 saturated heterocycles. The molecule has 12 aromatic rings. The number of nitrogens with zero attached hydrogens (tertiary/aromatic N) is 5. The summed E-state index contributed by atoms with van der Waals surface area (Å²) < 4.78 is 7.23. The number of fused-ring (bicyclic) bond motifs is 15. The van der Waals surface area contributed by atoms with Crippen LogP contribution in [-0.4, -0.2) is 24.1 Å². The van der Waals surface area contributed by atoms with Crippen LogP contribution in [-0.2, 0) is 0 Å². The van der Waals surface area contributed by atoms with Gasteiger partial charge in [0.2, 0.25) is 5.95 Å². The van der Waals surface area contributed by atoms with Gasteiger partial charge < -0.3 is 4.57 Å². The molecule has 4 aromatic heterocycles. The Hall–Kier alpha value is -7.41. The second kappa shape index (κ2) is 11.6. The van der Waals surface area contributed by atoms with Gasteiger partial charge in [-0.1, -0.05) is 140 Å². The zero-order valence-electron chi connectivity index (χ0n) is 30.4. The molecule has 0 saturated carbocycles. The van der Waals surface area contributed by atoms with Crippen LogP contribution in [0, 0.1) is 0 Å². The Kier molecular flexibility index (Phi) is 6.26. The highest BCUT2D eigenvalue weighted by Crippen LogP contribution is 2.51. The molecule has 13 rings (SSSR count). The molecule has 0 atom stereocenters. The molecule has 1 aliphatic rings. The molecule has 0 spiro atoms. The molecular weight excluding hydrogens is 715 g/mol. The van der Waals surface area contributed by atoms with Crippen LogP contribution in [0.15, 0.2) is 176 Å². The van der Waals surface area contributed by atoms with Gasteiger partial charge in [0, 0.05) is 64.0 Å². The monoisotopic (exact) mass is 743 g/mol. The molecule has 5 heterocycles. The van der Waals surface area contributed by atoms with Crippen LogP contribution in [0.4, 0.5) is 0 Å². The van der Waals surface area contributed by atoms with Crippen molar-refractivity contribution < 1.29 is 0 Å². The van der Waals surface area contributed by atoms with E-state index in [1.165, 1.54) is 75.3 Å².